The van der Waals surface area contributed by atoms with Crippen molar-refractivity contribution in [3.8, 4) is 5.75 Å². The van der Waals surface area contributed by atoms with Crippen LogP contribution in [0.2, 0.25) is 0 Å². The second-order valence-corrected chi connectivity index (χ2v) is 10.6. The molecular weight excluding hydrogens is 544 g/mol. The van der Waals surface area contributed by atoms with Crippen LogP contribution in [0.5, 0.6) is 5.75 Å². The van der Waals surface area contributed by atoms with Crippen LogP contribution in [-0.2, 0) is 30.9 Å². The molecule has 2 aliphatic heterocycles. The van der Waals surface area contributed by atoms with E-state index in [4.69, 9.17) is 9.47 Å². The lowest BCUT2D eigenvalue weighted by molar-refractivity contribution is -0.0150. The molecule has 1 unspecified atom stereocenters. The summed E-state index contributed by atoms with van der Waals surface area (Å²) in [6.45, 7) is -0.0876. The number of halogens is 2. The fourth-order valence-corrected chi connectivity index (χ4v) is 6.08. The van der Waals surface area contributed by atoms with E-state index in [1.54, 1.807) is 4.90 Å². The number of carbonyl (C=O) groups is 2. The van der Waals surface area contributed by atoms with Crippen LogP contribution in [0.3, 0.4) is 0 Å². The molecule has 3 aliphatic rings. The third kappa shape index (κ3) is 4.35. The van der Waals surface area contributed by atoms with Crippen LogP contribution in [-0.4, -0.2) is 33.6 Å². The Morgan fingerprint density at radius 2 is 1.81 bits per heavy atom. The van der Waals surface area contributed by atoms with Gasteiger partial charge in [-0.3, -0.25) is 19.3 Å². The molecule has 3 aromatic carbocycles. The second-order valence-electron chi connectivity index (χ2n) is 10.6. The lowest BCUT2D eigenvalue weighted by Gasteiger charge is -2.35. The predicted octanol–water partition coefficient (Wildman–Crippen LogP) is 4.11. The first-order valence-corrected chi connectivity index (χ1v) is 13.6. The molecule has 10 heteroatoms. The molecule has 3 atom stereocenters. The molecule has 4 aromatic rings. The van der Waals surface area contributed by atoms with Crippen molar-refractivity contribution in [2.45, 2.75) is 44.5 Å². The number of ether oxygens (including phenoxy) is 2. The summed E-state index contributed by atoms with van der Waals surface area (Å²) in [5, 5.41) is 2.53. The maximum absolute atomic E-state index is 14.2. The monoisotopic (exact) mass is 569 g/mol. The predicted molar refractivity (Wildman–Crippen MR) is 147 cm³/mol. The van der Waals surface area contributed by atoms with Crippen LogP contribution in [0.15, 0.2) is 83.8 Å². The van der Waals surface area contributed by atoms with Gasteiger partial charge in [0.05, 0.1) is 18.7 Å². The molecule has 1 saturated heterocycles. The number of aromatic nitrogens is 1. The van der Waals surface area contributed by atoms with Crippen LogP contribution in [0.1, 0.15) is 49.1 Å². The van der Waals surface area contributed by atoms with Crippen molar-refractivity contribution in [2.75, 3.05) is 0 Å². The van der Waals surface area contributed by atoms with Crippen molar-refractivity contribution < 1.29 is 27.8 Å². The lowest BCUT2D eigenvalue weighted by Crippen LogP contribution is -2.47. The Hall–Kier alpha value is -4.83. The number of fused-ring (bicyclic) bond motifs is 6. The van der Waals surface area contributed by atoms with Crippen molar-refractivity contribution in [3.63, 3.8) is 0 Å². The van der Waals surface area contributed by atoms with Crippen LogP contribution in [0.4, 0.5) is 8.78 Å². The molecule has 0 bridgehead atoms. The van der Waals surface area contributed by atoms with Crippen molar-refractivity contribution in [3.05, 3.63) is 134 Å². The van der Waals surface area contributed by atoms with Gasteiger partial charge in [0.2, 0.25) is 5.43 Å². The van der Waals surface area contributed by atoms with E-state index in [1.165, 1.54) is 16.8 Å². The van der Waals surface area contributed by atoms with Crippen LogP contribution in [0.25, 0.3) is 0 Å². The Morgan fingerprint density at radius 3 is 2.62 bits per heavy atom. The molecule has 1 N–H and O–H groups in total. The van der Waals surface area contributed by atoms with Gasteiger partial charge in [-0.25, -0.2) is 8.78 Å². The summed E-state index contributed by atoms with van der Waals surface area (Å²) in [6.07, 6.45) is 1.17. The number of nitrogens with zero attached hydrogens (tertiary/aromatic N) is 2. The van der Waals surface area contributed by atoms with Gasteiger partial charge >= 0.3 is 0 Å². The van der Waals surface area contributed by atoms with Crippen molar-refractivity contribution in [1.29, 1.82) is 0 Å². The summed E-state index contributed by atoms with van der Waals surface area (Å²) >= 11 is 0. The van der Waals surface area contributed by atoms with Crippen molar-refractivity contribution in [1.82, 2.24) is 14.8 Å². The van der Waals surface area contributed by atoms with Gasteiger partial charge in [0.15, 0.2) is 17.7 Å². The summed E-state index contributed by atoms with van der Waals surface area (Å²) in [7, 11) is 0. The van der Waals surface area contributed by atoms with E-state index in [0.717, 1.165) is 28.8 Å². The average molecular weight is 570 g/mol. The molecular formula is C32H25F2N3O5. The molecule has 0 spiro atoms. The molecule has 0 saturated carbocycles. The molecule has 7 rings (SSSR count). The van der Waals surface area contributed by atoms with Gasteiger partial charge in [-0.2, -0.15) is 0 Å². The van der Waals surface area contributed by atoms with Gasteiger partial charge in [-0.05, 0) is 22.8 Å². The van der Waals surface area contributed by atoms with Crippen LogP contribution >= 0.6 is 0 Å². The highest BCUT2D eigenvalue weighted by atomic mass is 19.1. The van der Waals surface area contributed by atoms with E-state index in [2.05, 4.69) is 5.32 Å². The average Bonchev–Trinajstić information content (AvgIpc) is 3.52. The topological polar surface area (TPSA) is 89.9 Å². The van der Waals surface area contributed by atoms with Crippen LogP contribution in [0, 0.1) is 11.6 Å². The van der Waals surface area contributed by atoms with Gasteiger partial charge in [0.1, 0.15) is 23.8 Å². The van der Waals surface area contributed by atoms with Gasteiger partial charge in [0.25, 0.3) is 11.8 Å². The number of pyridine rings is 1. The Morgan fingerprint density at radius 1 is 1.02 bits per heavy atom. The maximum Gasteiger partial charge on any atom is 0.277 e. The summed E-state index contributed by atoms with van der Waals surface area (Å²) in [5.41, 5.74) is 1.98. The first kappa shape index (κ1) is 26.1. The highest BCUT2D eigenvalue weighted by Crippen LogP contribution is 2.47. The summed E-state index contributed by atoms with van der Waals surface area (Å²) < 4.78 is 41.3. The second kappa shape index (κ2) is 10.2. The Bertz CT molecular complexity index is 1790. The standard InChI is InChI=1S/C32H25F2N3O5/c33-21-11-10-20(24(34)13-21)14-35-31(39)23-15-36-16-26-37(27-22-9-5-4-8-19(22)12-25(27)42-26)32(40)28(36)30(29(23)38)41-17-18-6-2-1-3-7-18/h1-11,13,15,25-27H,12,14,16-17H2,(H,35,39)/t25-,26?,27+/m1/s1. The molecule has 212 valence electrons. The summed E-state index contributed by atoms with van der Waals surface area (Å²) in [5.74, 6) is -3.00. The smallest absolute Gasteiger partial charge is 0.277 e. The van der Waals surface area contributed by atoms with E-state index in [9.17, 15) is 23.2 Å². The molecule has 42 heavy (non-hydrogen) atoms. The highest BCUT2D eigenvalue weighted by Gasteiger charge is 2.53. The number of benzene rings is 3. The largest absolute Gasteiger partial charge is 0.483 e. The van der Waals surface area contributed by atoms with Crippen LogP contribution < -0.4 is 15.5 Å². The zero-order valence-electron chi connectivity index (χ0n) is 22.3. The SMILES string of the molecule is O=C(NCc1ccc(F)cc1F)c1cn2c(c(OCc3ccccc3)c1=O)C(=O)N1C(C2)O[C@@H]2Cc3ccccc3[C@@H]21. The molecule has 1 aromatic heterocycles. The number of hydrogen-bond acceptors (Lipinski definition) is 5. The zero-order chi connectivity index (χ0) is 29.0. The minimum atomic E-state index is -0.819. The lowest BCUT2D eigenvalue weighted by atomic mass is 10.0. The Balaban J connectivity index is 1.25. The Kier molecular flexibility index (Phi) is 6.35. The molecule has 2 amide bonds. The number of amides is 2. The first-order valence-electron chi connectivity index (χ1n) is 13.6. The number of carbonyl (C=O) groups excluding carboxylic acids is 2. The van der Waals surface area contributed by atoms with E-state index in [0.29, 0.717) is 6.42 Å². The molecule has 1 fully saturated rings. The van der Waals surface area contributed by atoms with E-state index in [-0.39, 0.29) is 54.4 Å². The summed E-state index contributed by atoms with van der Waals surface area (Å²) in [4.78, 5) is 42.8. The molecule has 0 radical (unpaired) electrons. The van der Waals surface area contributed by atoms with Gasteiger partial charge < -0.3 is 19.4 Å². The minimum absolute atomic E-state index is 0.00294. The van der Waals surface area contributed by atoms with Gasteiger partial charge in [-0.1, -0.05) is 60.7 Å². The zero-order valence-corrected chi connectivity index (χ0v) is 22.3. The van der Waals surface area contributed by atoms with Gasteiger partial charge in [-0.15, -0.1) is 0 Å². The number of nitrogens with one attached hydrogen (secondary N) is 1. The van der Waals surface area contributed by atoms with E-state index in [1.807, 2.05) is 54.6 Å². The quantitative estimate of drug-likeness (QED) is 0.378. The Labute approximate surface area is 239 Å². The fraction of sp³-hybridized carbons (Fsp3) is 0.219. The normalized spacial score (nSPS) is 20.0. The third-order valence-corrected chi connectivity index (χ3v) is 8.04. The fourth-order valence-electron chi connectivity index (χ4n) is 6.08. The highest BCUT2D eigenvalue weighted by molar-refractivity contribution is 5.99. The maximum atomic E-state index is 14.2. The van der Waals surface area contributed by atoms with E-state index < -0.39 is 35.1 Å². The summed E-state index contributed by atoms with van der Waals surface area (Å²) in [6, 6.07) is 19.8. The number of rotatable bonds is 6. The first-order chi connectivity index (χ1) is 20.4. The number of hydrogen-bond donors (Lipinski definition) is 1. The minimum Gasteiger partial charge on any atom is -0.483 e. The third-order valence-electron chi connectivity index (χ3n) is 8.04. The molecule has 3 heterocycles. The van der Waals surface area contributed by atoms with Gasteiger partial charge in [0, 0.05) is 30.8 Å². The molecule has 8 nitrogen and oxygen atoms in total. The van der Waals surface area contributed by atoms with Crippen molar-refractivity contribution in [2.24, 2.45) is 0 Å². The van der Waals surface area contributed by atoms with E-state index >= 15 is 0 Å². The van der Waals surface area contributed by atoms with Crippen molar-refractivity contribution >= 4 is 11.8 Å². The molecule has 1 aliphatic carbocycles.